The van der Waals surface area contributed by atoms with E-state index < -0.39 is 0 Å². The molecule has 0 aliphatic carbocycles. The number of piperidine rings is 1. The van der Waals surface area contributed by atoms with Crippen molar-refractivity contribution in [2.45, 2.75) is 18.9 Å². The van der Waals surface area contributed by atoms with Crippen molar-refractivity contribution in [1.29, 1.82) is 5.41 Å². The second-order valence-corrected chi connectivity index (χ2v) is 8.64. The number of nitrogen functional groups attached to an aromatic ring is 1. The molecule has 1 saturated heterocycles. The summed E-state index contributed by atoms with van der Waals surface area (Å²) in [7, 11) is 1.52. The lowest BCUT2D eigenvalue weighted by Crippen LogP contribution is -2.36. The van der Waals surface area contributed by atoms with Crippen molar-refractivity contribution in [3.63, 3.8) is 0 Å². The minimum atomic E-state index is -0.254. The van der Waals surface area contributed by atoms with E-state index >= 15 is 0 Å². The van der Waals surface area contributed by atoms with Crippen molar-refractivity contribution in [3.8, 4) is 5.75 Å². The standard InChI is InChI=1S/C26H28N8O2/c1-36-21-13-15(5-6-20(21)34-26(35)18-3-2-4-19-17(18)9-12-30-19)23(27)22-24(28)31-14-32-25(22)33-16-7-10-29-11-8-16/h2-6,9,12-14,16,27,29-30H,7-8,10-11H2,1H3,(H,34,35)(H3,28,31,32,33). The Morgan fingerprint density at radius 2 is 2.00 bits per heavy atom. The van der Waals surface area contributed by atoms with Gasteiger partial charge >= 0.3 is 0 Å². The number of H-pyrrole nitrogens is 1. The quantitative estimate of drug-likeness (QED) is 0.220. The maximum Gasteiger partial charge on any atom is 0.256 e. The number of aromatic nitrogens is 3. The third-order valence-electron chi connectivity index (χ3n) is 6.38. The fourth-order valence-electron chi connectivity index (χ4n) is 4.48. The third kappa shape index (κ3) is 4.58. The number of nitrogens with zero attached hydrogens (tertiary/aromatic N) is 2. The van der Waals surface area contributed by atoms with Gasteiger partial charge in [0.1, 0.15) is 23.7 Å². The highest BCUT2D eigenvalue weighted by molar-refractivity contribution is 6.17. The van der Waals surface area contributed by atoms with Gasteiger partial charge < -0.3 is 31.4 Å². The first-order valence-electron chi connectivity index (χ1n) is 11.8. The Labute approximate surface area is 208 Å². The fraction of sp³-hybridized carbons (Fsp3) is 0.231. The van der Waals surface area contributed by atoms with Crippen LogP contribution in [0, 0.1) is 5.41 Å². The molecule has 10 heteroatoms. The van der Waals surface area contributed by atoms with Gasteiger partial charge in [0.2, 0.25) is 0 Å². The van der Waals surface area contributed by atoms with Crippen molar-refractivity contribution < 1.29 is 9.53 Å². The van der Waals surface area contributed by atoms with Crippen LogP contribution in [-0.2, 0) is 0 Å². The van der Waals surface area contributed by atoms with Crippen LogP contribution in [0.15, 0.2) is 55.0 Å². The lowest BCUT2D eigenvalue weighted by molar-refractivity contribution is 0.102. The van der Waals surface area contributed by atoms with Gasteiger partial charge in [0.25, 0.3) is 5.91 Å². The maximum absolute atomic E-state index is 13.0. The van der Waals surface area contributed by atoms with Gasteiger partial charge in [-0.3, -0.25) is 10.2 Å². The van der Waals surface area contributed by atoms with Crippen LogP contribution < -0.4 is 26.4 Å². The van der Waals surface area contributed by atoms with E-state index in [0.29, 0.717) is 33.9 Å². The molecule has 2 aromatic carbocycles. The van der Waals surface area contributed by atoms with Gasteiger partial charge in [-0.25, -0.2) is 9.97 Å². The molecule has 0 saturated carbocycles. The summed E-state index contributed by atoms with van der Waals surface area (Å²) in [6.45, 7) is 1.85. The van der Waals surface area contributed by atoms with Crippen molar-refractivity contribution in [1.82, 2.24) is 20.3 Å². The van der Waals surface area contributed by atoms with Gasteiger partial charge in [0.15, 0.2) is 0 Å². The molecule has 10 nitrogen and oxygen atoms in total. The number of amides is 1. The zero-order valence-corrected chi connectivity index (χ0v) is 19.9. The number of carbonyl (C=O) groups excluding carboxylic acids is 1. The van der Waals surface area contributed by atoms with Crippen LogP contribution in [-0.4, -0.2) is 52.8 Å². The smallest absolute Gasteiger partial charge is 0.256 e. The summed E-state index contributed by atoms with van der Waals surface area (Å²) in [4.78, 5) is 24.7. The number of hydrogen-bond donors (Lipinski definition) is 6. The molecule has 5 rings (SSSR count). The number of aromatic amines is 1. The highest BCUT2D eigenvalue weighted by atomic mass is 16.5. The SMILES string of the molecule is COc1cc(C(=N)c2c(N)ncnc2NC2CCNCC2)ccc1NC(=O)c1cccc2[nH]ccc12. The van der Waals surface area contributed by atoms with E-state index in [1.807, 2.05) is 18.2 Å². The maximum atomic E-state index is 13.0. The molecule has 0 radical (unpaired) electrons. The predicted octanol–water partition coefficient (Wildman–Crippen LogP) is 3.38. The van der Waals surface area contributed by atoms with Crippen LogP contribution in [0.4, 0.5) is 17.3 Å². The summed E-state index contributed by atoms with van der Waals surface area (Å²) < 4.78 is 5.56. The van der Waals surface area contributed by atoms with E-state index in [1.165, 1.54) is 13.4 Å². The average molecular weight is 485 g/mol. The number of carbonyl (C=O) groups is 1. The number of nitrogens with two attached hydrogens (primary N) is 1. The van der Waals surface area contributed by atoms with Gasteiger partial charge in [-0.2, -0.15) is 0 Å². The van der Waals surface area contributed by atoms with Crippen molar-refractivity contribution in [2.24, 2.45) is 0 Å². The molecule has 36 heavy (non-hydrogen) atoms. The molecule has 0 atom stereocenters. The van der Waals surface area contributed by atoms with E-state index in [9.17, 15) is 4.79 Å². The minimum absolute atomic E-state index is 0.165. The molecule has 7 N–H and O–H groups in total. The van der Waals surface area contributed by atoms with Gasteiger partial charge in [0, 0.05) is 34.3 Å². The van der Waals surface area contributed by atoms with Crippen LogP contribution in [0.5, 0.6) is 5.75 Å². The van der Waals surface area contributed by atoms with Crippen molar-refractivity contribution >= 4 is 39.8 Å². The summed E-state index contributed by atoms with van der Waals surface area (Å²) in [5.41, 5.74) is 9.30. The van der Waals surface area contributed by atoms with Crippen LogP contribution in [0.2, 0.25) is 0 Å². The third-order valence-corrected chi connectivity index (χ3v) is 6.38. The van der Waals surface area contributed by atoms with Crippen LogP contribution >= 0.6 is 0 Å². The number of methoxy groups -OCH3 is 1. The number of fused-ring (bicyclic) bond motifs is 1. The monoisotopic (exact) mass is 484 g/mol. The number of hydrogen-bond acceptors (Lipinski definition) is 8. The van der Waals surface area contributed by atoms with Gasteiger partial charge in [-0.15, -0.1) is 0 Å². The summed E-state index contributed by atoms with van der Waals surface area (Å²) in [6.07, 6.45) is 5.11. The lowest BCUT2D eigenvalue weighted by Gasteiger charge is -2.25. The molecular formula is C26H28N8O2. The average Bonchev–Trinajstić information content (AvgIpc) is 3.38. The highest BCUT2D eigenvalue weighted by Crippen LogP contribution is 2.30. The van der Waals surface area contributed by atoms with E-state index in [4.69, 9.17) is 15.9 Å². The van der Waals surface area contributed by atoms with Crippen LogP contribution in [0.25, 0.3) is 10.9 Å². The number of rotatable bonds is 7. The molecule has 1 amide bonds. The molecule has 1 fully saturated rings. The van der Waals surface area contributed by atoms with Crippen LogP contribution in [0.3, 0.4) is 0 Å². The van der Waals surface area contributed by atoms with E-state index in [-0.39, 0.29) is 23.5 Å². The first kappa shape index (κ1) is 23.3. The Hall–Kier alpha value is -4.44. The first-order chi connectivity index (χ1) is 17.5. The van der Waals surface area contributed by atoms with E-state index in [1.54, 1.807) is 30.5 Å². The molecular weight excluding hydrogens is 456 g/mol. The van der Waals surface area contributed by atoms with Crippen LogP contribution in [0.1, 0.15) is 34.3 Å². The Morgan fingerprint density at radius 3 is 2.81 bits per heavy atom. The van der Waals surface area contributed by atoms with Crippen molar-refractivity contribution in [3.05, 3.63) is 71.7 Å². The molecule has 0 bridgehead atoms. The molecule has 2 aromatic heterocycles. The van der Waals surface area contributed by atoms with E-state index in [2.05, 4.69) is 30.9 Å². The highest BCUT2D eigenvalue weighted by Gasteiger charge is 2.21. The molecule has 184 valence electrons. The van der Waals surface area contributed by atoms with Gasteiger partial charge in [-0.05, 0) is 56.3 Å². The summed E-state index contributed by atoms with van der Waals surface area (Å²) >= 11 is 0. The first-order valence-corrected chi connectivity index (χ1v) is 11.8. The molecule has 1 aliphatic heterocycles. The largest absolute Gasteiger partial charge is 0.495 e. The molecule has 1 aliphatic rings. The fourth-order valence-corrected chi connectivity index (χ4v) is 4.48. The second-order valence-electron chi connectivity index (χ2n) is 8.64. The lowest BCUT2D eigenvalue weighted by atomic mass is 10.0. The Bertz CT molecular complexity index is 1420. The topological polar surface area (TPSA) is 154 Å². The molecule has 4 aromatic rings. The molecule has 3 heterocycles. The Kier molecular flexibility index (Phi) is 6.50. The number of benzene rings is 2. The minimum Gasteiger partial charge on any atom is -0.495 e. The zero-order valence-electron chi connectivity index (χ0n) is 19.9. The Morgan fingerprint density at radius 1 is 1.17 bits per heavy atom. The van der Waals surface area contributed by atoms with E-state index in [0.717, 1.165) is 36.8 Å². The van der Waals surface area contributed by atoms with Crippen molar-refractivity contribution in [2.75, 3.05) is 36.6 Å². The predicted molar refractivity (Wildman–Crippen MR) is 141 cm³/mol. The summed E-state index contributed by atoms with van der Waals surface area (Å²) in [6, 6.07) is 12.8. The molecule has 0 unspecified atom stereocenters. The number of anilines is 3. The number of ether oxygens (including phenoxy) is 1. The zero-order chi connectivity index (χ0) is 25.1. The summed E-state index contributed by atoms with van der Waals surface area (Å²) in [5, 5.41) is 19.4. The van der Waals surface area contributed by atoms with Gasteiger partial charge in [-0.1, -0.05) is 12.1 Å². The summed E-state index contributed by atoms with van der Waals surface area (Å²) in [5.74, 6) is 0.934. The Balaban J connectivity index is 1.41. The second kappa shape index (κ2) is 10.0. The number of nitrogens with one attached hydrogen (secondary N) is 5. The van der Waals surface area contributed by atoms with Gasteiger partial charge in [0.05, 0.1) is 24.1 Å². The molecule has 0 spiro atoms. The normalized spacial score (nSPS) is 13.9.